The summed E-state index contributed by atoms with van der Waals surface area (Å²) in [6.45, 7) is -0.132. The second kappa shape index (κ2) is 5.77. The first-order valence-corrected chi connectivity index (χ1v) is 4.49. The Morgan fingerprint density at radius 2 is 1.86 bits per heavy atom. The van der Waals surface area contributed by atoms with Crippen LogP contribution < -0.4 is 5.23 Å². The lowest BCUT2D eigenvalue weighted by molar-refractivity contribution is 0.243. The fourth-order valence-corrected chi connectivity index (χ4v) is 1.29. The molecule has 0 saturated heterocycles. The molecule has 0 spiro atoms. The van der Waals surface area contributed by atoms with Crippen LogP contribution in [0, 0.1) is 0 Å². The molecule has 0 bridgehead atoms. The van der Waals surface area contributed by atoms with Gasteiger partial charge in [-0.3, -0.25) is 5.23 Å². The highest BCUT2D eigenvalue weighted by atomic mass is 16.4. The topological polar surface area (TPSA) is 72.7 Å². The van der Waals surface area contributed by atoms with E-state index in [9.17, 15) is 0 Å². The highest BCUT2D eigenvalue weighted by molar-refractivity contribution is 6.37. The van der Waals surface area contributed by atoms with Crippen molar-refractivity contribution in [2.45, 2.75) is 12.5 Å². The van der Waals surface area contributed by atoms with Crippen LogP contribution in [0.25, 0.3) is 0 Å². The van der Waals surface area contributed by atoms with Crippen LogP contribution in [-0.4, -0.2) is 35.1 Å². The molecule has 76 valence electrons. The molecule has 1 atom stereocenters. The van der Waals surface area contributed by atoms with Crippen molar-refractivity contribution in [2.75, 3.05) is 6.61 Å². The van der Waals surface area contributed by atoms with E-state index < -0.39 is 7.25 Å². The highest BCUT2D eigenvalue weighted by Gasteiger charge is 2.15. The van der Waals surface area contributed by atoms with Crippen molar-refractivity contribution in [1.29, 1.82) is 0 Å². The summed E-state index contributed by atoms with van der Waals surface area (Å²) in [7, 11) is -1.59. The van der Waals surface area contributed by atoms with E-state index >= 15 is 0 Å². The molecule has 0 aliphatic heterocycles. The summed E-state index contributed by atoms with van der Waals surface area (Å²) >= 11 is 0. The van der Waals surface area contributed by atoms with Gasteiger partial charge in [0.25, 0.3) is 0 Å². The molecule has 5 heteroatoms. The molecule has 1 unspecified atom stereocenters. The molecule has 0 aliphatic rings. The minimum atomic E-state index is -1.59. The summed E-state index contributed by atoms with van der Waals surface area (Å²) in [6, 6.07) is 9.23. The van der Waals surface area contributed by atoms with Crippen LogP contribution in [0.1, 0.15) is 5.56 Å². The molecule has 0 fully saturated rings. The van der Waals surface area contributed by atoms with Crippen LogP contribution in [-0.2, 0) is 6.42 Å². The lowest BCUT2D eigenvalue weighted by atomic mass is 10.0. The summed E-state index contributed by atoms with van der Waals surface area (Å²) in [5, 5.41) is 28.7. The Morgan fingerprint density at radius 3 is 2.36 bits per heavy atom. The van der Waals surface area contributed by atoms with E-state index in [0.717, 1.165) is 5.56 Å². The van der Waals surface area contributed by atoms with Crippen LogP contribution >= 0.6 is 0 Å². The van der Waals surface area contributed by atoms with Crippen LogP contribution in [0.4, 0.5) is 0 Å². The van der Waals surface area contributed by atoms with E-state index in [-0.39, 0.29) is 12.6 Å². The van der Waals surface area contributed by atoms with Gasteiger partial charge in [-0.25, -0.2) is 0 Å². The summed E-state index contributed by atoms with van der Waals surface area (Å²) in [5.74, 6) is 0. The number of rotatable bonds is 5. The Morgan fingerprint density at radius 1 is 1.21 bits per heavy atom. The number of aliphatic hydroxyl groups is 1. The van der Waals surface area contributed by atoms with Crippen LogP contribution in [0.2, 0.25) is 0 Å². The molecule has 0 saturated carbocycles. The SMILES string of the molecule is OCC(Cc1ccccc1)NB(O)O. The molecule has 1 aromatic carbocycles. The maximum Gasteiger partial charge on any atom is 0.549 e. The Bertz CT molecular complexity index is 255. The highest BCUT2D eigenvalue weighted by Crippen LogP contribution is 2.02. The van der Waals surface area contributed by atoms with E-state index in [1.54, 1.807) is 0 Å². The van der Waals surface area contributed by atoms with Gasteiger partial charge in [0.05, 0.1) is 6.61 Å². The van der Waals surface area contributed by atoms with Gasteiger partial charge < -0.3 is 15.2 Å². The van der Waals surface area contributed by atoms with Crippen molar-refractivity contribution < 1.29 is 15.2 Å². The maximum atomic E-state index is 8.95. The zero-order valence-electron chi connectivity index (χ0n) is 7.80. The van der Waals surface area contributed by atoms with Crippen molar-refractivity contribution in [3.05, 3.63) is 35.9 Å². The smallest absolute Gasteiger partial charge is 0.413 e. The summed E-state index contributed by atoms with van der Waals surface area (Å²) in [4.78, 5) is 0. The van der Waals surface area contributed by atoms with Gasteiger partial charge in [-0.05, 0) is 12.0 Å². The molecule has 0 amide bonds. The molecule has 0 aliphatic carbocycles. The first-order chi connectivity index (χ1) is 6.72. The Balaban J connectivity index is 2.48. The minimum Gasteiger partial charge on any atom is -0.413 e. The normalized spacial score (nSPS) is 12.5. The van der Waals surface area contributed by atoms with Crippen molar-refractivity contribution in [3.8, 4) is 0 Å². The van der Waals surface area contributed by atoms with E-state index in [0.29, 0.717) is 6.42 Å². The molecule has 4 N–H and O–H groups in total. The first kappa shape index (κ1) is 11.2. The predicted molar refractivity (Wildman–Crippen MR) is 54.3 cm³/mol. The minimum absolute atomic E-state index is 0.132. The van der Waals surface area contributed by atoms with Crippen molar-refractivity contribution >= 4 is 7.25 Å². The molecule has 1 rings (SSSR count). The predicted octanol–water partition coefficient (Wildman–Crippen LogP) is -0.851. The maximum absolute atomic E-state index is 8.95. The molecule has 0 heterocycles. The van der Waals surface area contributed by atoms with Gasteiger partial charge in [0.2, 0.25) is 0 Å². The van der Waals surface area contributed by atoms with Crippen molar-refractivity contribution in [3.63, 3.8) is 0 Å². The third-order valence-electron chi connectivity index (χ3n) is 1.93. The number of nitrogens with one attached hydrogen (secondary N) is 1. The van der Waals surface area contributed by atoms with Gasteiger partial charge >= 0.3 is 7.25 Å². The van der Waals surface area contributed by atoms with Gasteiger partial charge in [-0.2, -0.15) is 0 Å². The van der Waals surface area contributed by atoms with E-state index in [1.165, 1.54) is 0 Å². The van der Waals surface area contributed by atoms with Crippen molar-refractivity contribution in [1.82, 2.24) is 5.23 Å². The Labute approximate surface area is 83.4 Å². The molecular weight excluding hydrogens is 181 g/mol. The fraction of sp³-hybridized carbons (Fsp3) is 0.333. The number of benzene rings is 1. The van der Waals surface area contributed by atoms with E-state index in [2.05, 4.69) is 5.23 Å². The lowest BCUT2D eigenvalue weighted by Gasteiger charge is -2.15. The number of hydrogen-bond acceptors (Lipinski definition) is 4. The second-order valence-corrected chi connectivity index (χ2v) is 3.11. The standard InChI is InChI=1S/C9H14BNO3/c12-7-9(11-10(13)14)6-8-4-2-1-3-5-8/h1-5,9,11-14H,6-7H2. The first-order valence-electron chi connectivity index (χ1n) is 4.49. The summed E-state index contributed by atoms with van der Waals surface area (Å²) in [6.07, 6.45) is 0.564. The summed E-state index contributed by atoms with van der Waals surface area (Å²) in [5.41, 5.74) is 1.04. The molecule has 14 heavy (non-hydrogen) atoms. The van der Waals surface area contributed by atoms with Gasteiger partial charge in [0, 0.05) is 6.04 Å². The van der Waals surface area contributed by atoms with Crippen molar-refractivity contribution in [2.24, 2.45) is 0 Å². The molecule has 0 radical (unpaired) electrons. The largest absolute Gasteiger partial charge is 0.549 e. The van der Waals surface area contributed by atoms with Crippen LogP contribution in [0.3, 0.4) is 0 Å². The quantitative estimate of drug-likeness (QED) is 0.462. The molecular formula is C9H14BNO3. The molecule has 1 aromatic rings. The van der Waals surface area contributed by atoms with Crippen LogP contribution in [0.15, 0.2) is 30.3 Å². The average molecular weight is 195 g/mol. The lowest BCUT2D eigenvalue weighted by Crippen LogP contribution is -2.45. The van der Waals surface area contributed by atoms with Gasteiger partial charge in [0.15, 0.2) is 0 Å². The third kappa shape index (κ3) is 3.89. The fourth-order valence-electron chi connectivity index (χ4n) is 1.29. The van der Waals surface area contributed by atoms with E-state index in [1.807, 2.05) is 30.3 Å². The van der Waals surface area contributed by atoms with Gasteiger partial charge in [-0.1, -0.05) is 30.3 Å². The van der Waals surface area contributed by atoms with Gasteiger partial charge in [-0.15, -0.1) is 0 Å². The summed E-state index contributed by atoms with van der Waals surface area (Å²) < 4.78 is 0. The van der Waals surface area contributed by atoms with Crippen LogP contribution in [0.5, 0.6) is 0 Å². The molecule has 0 aromatic heterocycles. The third-order valence-corrected chi connectivity index (χ3v) is 1.93. The van der Waals surface area contributed by atoms with Gasteiger partial charge in [0.1, 0.15) is 0 Å². The second-order valence-electron chi connectivity index (χ2n) is 3.11. The zero-order chi connectivity index (χ0) is 10.4. The zero-order valence-corrected chi connectivity index (χ0v) is 7.80. The number of aliphatic hydroxyl groups excluding tert-OH is 1. The Kier molecular flexibility index (Phi) is 4.62. The average Bonchev–Trinajstić information content (AvgIpc) is 2.17. The Hall–Kier alpha value is -0.875. The number of hydrogen-bond donors (Lipinski definition) is 4. The monoisotopic (exact) mass is 195 g/mol. The molecule has 4 nitrogen and oxygen atoms in total. The van der Waals surface area contributed by atoms with E-state index in [4.69, 9.17) is 15.2 Å².